The van der Waals surface area contributed by atoms with E-state index in [-0.39, 0.29) is 0 Å². The number of nitrogens with one attached hydrogen (secondary N) is 1. The lowest BCUT2D eigenvalue weighted by Gasteiger charge is -2.35. The summed E-state index contributed by atoms with van der Waals surface area (Å²) in [5.41, 5.74) is 6.98. The fourth-order valence-electron chi connectivity index (χ4n) is 4.37. The van der Waals surface area contributed by atoms with Crippen LogP contribution < -0.4 is 10.2 Å². The second-order valence-corrected chi connectivity index (χ2v) is 9.02. The molecule has 0 amide bonds. The van der Waals surface area contributed by atoms with E-state index in [4.69, 9.17) is 4.37 Å². The number of hydrogen-bond acceptors (Lipinski definition) is 5. The molecule has 2 aliphatic rings. The second-order valence-electron chi connectivity index (χ2n) is 8.22. The van der Waals surface area contributed by atoms with Crippen molar-refractivity contribution in [2.45, 2.75) is 20.3 Å². The van der Waals surface area contributed by atoms with Gasteiger partial charge in [0.2, 0.25) is 0 Å². The van der Waals surface area contributed by atoms with E-state index >= 15 is 0 Å². The fourth-order valence-corrected chi connectivity index (χ4v) is 5.17. The van der Waals surface area contributed by atoms with Gasteiger partial charge >= 0.3 is 0 Å². The van der Waals surface area contributed by atoms with Gasteiger partial charge in [-0.15, -0.1) is 0 Å². The van der Waals surface area contributed by atoms with Crippen LogP contribution in [0.2, 0.25) is 0 Å². The third-order valence-electron chi connectivity index (χ3n) is 6.42. The van der Waals surface area contributed by atoms with Gasteiger partial charge in [-0.05, 0) is 67.2 Å². The maximum absolute atomic E-state index is 4.73. The zero-order valence-electron chi connectivity index (χ0n) is 17.2. The highest BCUT2D eigenvalue weighted by molar-refractivity contribution is 7.13. The third-order valence-corrected chi connectivity index (χ3v) is 7.24. The predicted octanol–water partition coefficient (Wildman–Crippen LogP) is 4.88. The normalized spacial score (nSPS) is 17.5. The minimum absolute atomic E-state index is 0.969. The van der Waals surface area contributed by atoms with E-state index in [1.165, 1.54) is 43.9 Å². The molecule has 0 radical (unpaired) electrons. The molecule has 1 saturated heterocycles. The summed E-state index contributed by atoms with van der Waals surface area (Å²) in [7, 11) is 0. The van der Waals surface area contributed by atoms with Crippen LogP contribution in [0.5, 0.6) is 0 Å². The molecule has 29 heavy (non-hydrogen) atoms. The molecule has 5 rings (SSSR count). The number of fused-ring (bicyclic) bond motifs is 2. The van der Waals surface area contributed by atoms with Crippen molar-refractivity contribution in [3.63, 3.8) is 0 Å². The SMILES string of the molecule is CC1=C(C)c2cc(CCN3CCN(c4nsc5ccccc45)CC3)ccc2NC1. The van der Waals surface area contributed by atoms with Crippen molar-refractivity contribution in [1.82, 2.24) is 9.27 Å². The van der Waals surface area contributed by atoms with Gasteiger partial charge in [0.15, 0.2) is 0 Å². The molecule has 150 valence electrons. The number of aromatic nitrogens is 1. The first-order chi connectivity index (χ1) is 14.2. The van der Waals surface area contributed by atoms with E-state index in [0.717, 1.165) is 45.7 Å². The molecule has 5 heteroatoms. The second kappa shape index (κ2) is 7.81. The number of anilines is 2. The molecule has 0 aliphatic carbocycles. The van der Waals surface area contributed by atoms with Crippen LogP contribution in [0.1, 0.15) is 25.0 Å². The summed E-state index contributed by atoms with van der Waals surface area (Å²) in [6.07, 6.45) is 1.11. The topological polar surface area (TPSA) is 31.4 Å². The monoisotopic (exact) mass is 404 g/mol. The van der Waals surface area contributed by atoms with E-state index in [1.807, 2.05) is 0 Å². The van der Waals surface area contributed by atoms with Crippen molar-refractivity contribution < 1.29 is 0 Å². The highest BCUT2D eigenvalue weighted by Gasteiger charge is 2.21. The van der Waals surface area contributed by atoms with Gasteiger partial charge in [-0.2, -0.15) is 4.37 Å². The standard InChI is InChI=1S/C24H28N4S/c1-17-16-25-22-8-7-19(15-21(22)18(17)2)9-10-27-11-13-28(14-12-27)24-20-5-3-4-6-23(20)29-26-24/h3-8,15,25H,9-14,16H2,1-2H3. The molecule has 0 atom stereocenters. The fraction of sp³-hybridized carbons (Fsp3) is 0.375. The number of piperazine rings is 1. The Bertz CT molecular complexity index is 1060. The lowest BCUT2D eigenvalue weighted by atomic mass is 9.94. The average Bonchev–Trinajstić information content (AvgIpc) is 3.20. The van der Waals surface area contributed by atoms with Gasteiger partial charge in [-0.3, -0.25) is 4.90 Å². The molecule has 0 bridgehead atoms. The minimum atomic E-state index is 0.969. The van der Waals surface area contributed by atoms with Crippen molar-refractivity contribution in [3.8, 4) is 0 Å². The largest absolute Gasteiger partial charge is 0.381 e. The Kier molecular flexibility index (Phi) is 5.02. The highest BCUT2D eigenvalue weighted by atomic mass is 32.1. The molecule has 4 nitrogen and oxygen atoms in total. The molecule has 1 N–H and O–H groups in total. The molecule has 3 aromatic rings. The quantitative estimate of drug-likeness (QED) is 0.672. The van der Waals surface area contributed by atoms with E-state index in [1.54, 1.807) is 11.5 Å². The number of allylic oxidation sites excluding steroid dienone is 1. The van der Waals surface area contributed by atoms with Crippen LogP contribution in [0.15, 0.2) is 48.0 Å². The number of benzene rings is 2. The Morgan fingerprint density at radius 2 is 1.86 bits per heavy atom. The maximum atomic E-state index is 4.73. The van der Waals surface area contributed by atoms with Crippen LogP contribution in [0.25, 0.3) is 15.7 Å². The Morgan fingerprint density at radius 3 is 2.72 bits per heavy atom. The average molecular weight is 405 g/mol. The zero-order chi connectivity index (χ0) is 19.8. The van der Waals surface area contributed by atoms with Gasteiger partial charge in [0.25, 0.3) is 0 Å². The smallest absolute Gasteiger partial charge is 0.150 e. The van der Waals surface area contributed by atoms with Crippen molar-refractivity contribution in [3.05, 3.63) is 59.2 Å². The lowest BCUT2D eigenvalue weighted by Crippen LogP contribution is -2.47. The Balaban J connectivity index is 1.20. The first kappa shape index (κ1) is 18.6. The third kappa shape index (κ3) is 3.65. The van der Waals surface area contributed by atoms with Crippen molar-refractivity contribution in [2.75, 3.05) is 49.5 Å². The number of rotatable bonds is 4. The summed E-state index contributed by atoms with van der Waals surface area (Å²) < 4.78 is 6.01. The van der Waals surface area contributed by atoms with Crippen LogP contribution in [0.3, 0.4) is 0 Å². The molecule has 0 saturated carbocycles. The van der Waals surface area contributed by atoms with Gasteiger partial charge in [0.1, 0.15) is 5.82 Å². The number of hydrogen-bond donors (Lipinski definition) is 1. The van der Waals surface area contributed by atoms with Crippen LogP contribution >= 0.6 is 11.5 Å². The van der Waals surface area contributed by atoms with E-state index in [0.29, 0.717) is 0 Å². The van der Waals surface area contributed by atoms with Gasteiger partial charge in [0, 0.05) is 55.9 Å². The van der Waals surface area contributed by atoms with Gasteiger partial charge < -0.3 is 10.2 Å². The molecular formula is C24H28N4S. The summed E-state index contributed by atoms with van der Waals surface area (Å²) >= 11 is 1.61. The van der Waals surface area contributed by atoms with E-state index in [2.05, 4.69) is 71.4 Å². The maximum Gasteiger partial charge on any atom is 0.150 e. The summed E-state index contributed by atoms with van der Waals surface area (Å²) in [6, 6.07) is 15.5. The van der Waals surface area contributed by atoms with Gasteiger partial charge in [0.05, 0.1) is 4.70 Å². The van der Waals surface area contributed by atoms with E-state index in [9.17, 15) is 0 Å². The molecule has 2 aliphatic heterocycles. The Morgan fingerprint density at radius 1 is 1.03 bits per heavy atom. The predicted molar refractivity (Wildman–Crippen MR) is 125 cm³/mol. The first-order valence-electron chi connectivity index (χ1n) is 10.5. The lowest BCUT2D eigenvalue weighted by molar-refractivity contribution is 0.261. The van der Waals surface area contributed by atoms with Crippen molar-refractivity contribution >= 4 is 38.7 Å². The molecule has 2 aromatic carbocycles. The summed E-state index contributed by atoms with van der Waals surface area (Å²) in [5.74, 6) is 1.17. The van der Waals surface area contributed by atoms with Crippen LogP contribution in [0.4, 0.5) is 11.5 Å². The van der Waals surface area contributed by atoms with Crippen LogP contribution in [0, 0.1) is 0 Å². The van der Waals surface area contributed by atoms with Gasteiger partial charge in [-0.1, -0.05) is 23.8 Å². The van der Waals surface area contributed by atoms with Crippen LogP contribution in [-0.2, 0) is 6.42 Å². The molecular weight excluding hydrogens is 376 g/mol. The highest BCUT2D eigenvalue weighted by Crippen LogP contribution is 2.32. The van der Waals surface area contributed by atoms with Crippen LogP contribution in [-0.4, -0.2) is 48.5 Å². The molecule has 3 heterocycles. The minimum Gasteiger partial charge on any atom is -0.381 e. The Hall–Kier alpha value is -2.37. The summed E-state index contributed by atoms with van der Waals surface area (Å²) in [6.45, 7) is 10.9. The molecule has 0 unspecified atom stereocenters. The Labute approximate surface area is 177 Å². The van der Waals surface area contributed by atoms with Gasteiger partial charge in [-0.25, -0.2) is 0 Å². The van der Waals surface area contributed by atoms with Crippen molar-refractivity contribution in [2.24, 2.45) is 0 Å². The number of nitrogens with zero attached hydrogens (tertiary/aromatic N) is 3. The summed E-state index contributed by atoms with van der Waals surface area (Å²) in [4.78, 5) is 5.05. The van der Waals surface area contributed by atoms with E-state index < -0.39 is 0 Å². The molecule has 1 aromatic heterocycles. The first-order valence-corrected chi connectivity index (χ1v) is 11.3. The molecule has 1 fully saturated rings. The molecule has 0 spiro atoms. The van der Waals surface area contributed by atoms with Crippen molar-refractivity contribution in [1.29, 1.82) is 0 Å². The zero-order valence-corrected chi connectivity index (χ0v) is 18.1. The summed E-state index contributed by atoms with van der Waals surface area (Å²) in [5, 5.41) is 4.83.